The molecule has 24 heavy (non-hydrogen) atoms. The van der Waals surface area contributed by atoms with E-state index in [9.17, 15) is 13.9 Å². The van der Waals surface area contributed by atoms with Gasteiger partial charge in [-0.2, -0.15) is 0 Å². The van der Waals surface area contributed by atoms with Gasteiger partial charge in [-0.05, 0) is 26.8 Å². The van der Waals surface area contributed by atoms with E-state index in [0.29, 0.717) is 28.7 Å². The summed E-state index contributed by atoms with van der Waals surface area (Å²) in [6.45, 7) is 5.99. The van der Waals surface area contributed by atoms with Gasteiger partial charge in [0.1, 0.15) is 5.01 Å². The van der Waals surface area contributed by atoms with Crippen LogP contribution >= 0.6 is 11.3 Å². The molecule has 8 heteroatoms. The Kier molecular flexibility index (Phi) is 4.80. The molecule has 0 bridgehead atoms. The average Bonchev–Trinajstić information content (AvgIpc) is 2.94. The number of hydrogen-bond donors (Lipinski definition) is 1. The van der Waals surface area contributed by atoms with Crippen molar-refractivity contribution >= 4 is 17.0 Å². The lowest BCUT2D eigenvalue weighted by Crippen LogP contribution is -2.46. The van der Waals surface area contributed by atoms with E-state index in [2.05, 4.69) is 10.2 Å². The Morgan fingerprint density at radius 3 is 2.46 bits per heavy atom. The van der Waals surface area contributed by atoms with Crippen LogP contribution in [0.1, 0.15) is 24.4 Å². The van der Waals surface area contributed by atoms with Crippen molar-refractivity contribution in [1.29, 1.82) is 0 Å². The molecular formula is C16H19F2N3O2S. The van der Waals surface area contributed by atoms with Gasteiger partial charge in [-0.15, -0.1) is 10.2 Å². The summed E-state index contributed by atoms with van der Waals surface area (Å²) in [5.74, 6) is -1.93. The molecule has 1 fully saturated rings. The van der Waals surface area contributed by atoms with Crippen LogP contribution in [-0.4, -0.2) is 40.6 Å². The van der Waals surface area contributed by atoms with Gasteiger partial charge < -0.3 is 14.7 Å². The predicted molar refractivity (Wildman–Crippen MR) is 88.1 cm³/mol. The van der Waals surface area contributed by atoms with Crippen molar-refractivity contribution < 1.29 is 18.6 Å². The number of morpholine rings is 1. The molecule has 0 radical (unpaired) electrons. The molecule has 2 atom stereocenters. The predicted octanol–water partition coefficient (Wildman–Crippen LogP) is 2.90. The van der Waals surface area contributed by atoms with Crippen LogP contribution in [0.25, 0.3) is 10.6 Å². The van der Waals surface area contributed by atoms with E-state index in [-0.39, 0.29) is 23.5 Å². The highest BCUT2D eigenvalue weighted by atomic mass is 32.1. The second kappa shape index (κ2) is 6.70. The van der Waals surface area contributed by atoms with Gasteiger partial charge in [-0.25, -0.2) is 8.78 Å². The Labute approximate surface area is 142 Å². The molecule has 1 aliphatic heterocycles. The third kappa shape index (κ3) is 3.13. The van der Waals surface area contributed by atoms with Crippen molar-refractivity contribution in [1.82, 2.24) is 10.2 Å². The second-order valence-corrected chi connectivity index (χ2v) is 7.19. The van der Waals surface area contributed by atoms with Gasteiger partial charge in [0.15, 0.2) is 16.6 Å². The Balaban J connectivity index is 2.09. The molecule has 1 N–H and O–H groups in total. The summed E-state index contributed by atoms with van der Waals surface area (Å²) >= 11 is 1.18. The smallest absolute Gasteiger partial charge is 0.183 e. The number of aliphatic hydroxyl groups is 1. The van der Waals surface area contributed by atoms with Gasteiger partial charge in [0.05, 0.1) is 30.1 Å². The molecule has 0 spiro atoms. The van der Waals surface area contributed by atoms with Crippen LogP contribution in [0.15, 0.2) is 6.07 Å². The first-order valence-electron chi connectivity index (χ1n) is 7.73. The monoisotopic (exact) mass is 355 g/mol. The molecule has 0 amide bonds. The number of ether oxygens (including phenoxy) is 1. The SMILES string of the molecule is Cc1nnc(-c2cc(CO)c(N3CC(C)OC(C)C3)c(F)c2F)s1. The number of aliphatic hydroxyl groups excluding tert-OH is 1. The number of rotatable bonds is 3. The molecule has 2 heterocycles. The van der Waals surface area contributed by atoms with Crippen LogP contribution < -0.4 is 4.90 Å². The minimum absolute atomic E-state index is 0.0280. The van der Waals surface area contributed by atoms with Gasteiger partial charge in [0, 0.05) is 18.7 Å². The van der Waals surface area contributed by atoms with E-state index in [0.717, 1.165) is 0 Å². The minimum Gasteiger partial charge on any atom is -0.392 e. The molecule has 0 aliphatic carbocycles. The highest BCUT2D eigenvalue weighted by Gasteiger charge is 2.29. The minimum atomic E-state index is -0.967. The first kappa shape index (κ1) is 17.2. The van der Waals surface area contributed by atoms with Gasteiger partial charge in [0.25, 0.3) is 0 Å². The van der Waals surface area contributed by atoms with Crippen LogP contribution in [0, 0.1) is 18.6 Å². The summed E-state index contributed by atoms with van der Waals surface area (Å²) in [4.78, 5) is 1.73. The molecule has 0 saturated carbocycles. The lowest BCUT2D eigenvalue weighted by atomic mass is 10.0. The molecule has 3 rings (SSSR count). The van der Waals surface area contributed by atoms with Gasteiger partial charge in [0.2, 0.25) is 0 Å². The first-order valence-corrected chi connectivity index (χ1v) is 8.55. The molecular weight excluding hydrogens is 336 g/mol. The second-order valence-electron chi connectivity index (χ2n) is 6.01. The Bertz CT molecular complexity index is 743. The maximum Gasteiger partial charge on any atom is 0.183 e. The lowest BCUT2D eigenvalue weighted by molar-refractivity contribution is -0.00553. The van der Waals surface area contributed by atoms with Crippen molar-refractivity contribution in [2.75, 3.05) is 18.0 Å². The summed E-state index contributed by atoms with van der Waals surface area (Å²) in [5.41, 5.74) is 0.459. The largest absolute Gasteiger partial charge is 0.392 e. The van der Waals surface area contributed by atoms with Crippen molar-refractivity contribution in [2.45, 2.75) is 39.6 Å². The first-order chi connectivity index (χ1) is 11.4. The van der Waals surface area contributed by atoms with Crippen LogP contribution in [0.3, 0.4) is 0 Å². The molecule has 1 saturated heterocycles. The maximum absolute atomic E-state index is 14.8. The number of hydrogen-bond acceptors (Lipinski definition) is 6. The van der Waals surface area contributed by atoms with E-state index in [1.807, 2.05) is 13.8 Å². The van der Waals surface area contributed by atoms with Crippen molar-refractivity contribution in [3.63, 3.8) is 0 Å². The number of anilines is 1. The number of nitrogens with zero attached hydrogens (tertiary/aromatic N) is 3. The third-order valence-corrected chi connectivity index (χ3v) is 4.79. The topological polar surface area (TPSA) is 58.5 Å². The van der Waals surface area contributed by atoms with Crippen LogP contribution in [0.5, 0.6) is 0 Å². The summed E-state index contributed by atoms with van der Waals surface area (Å²) in [7, 11) is 0. The van der Waals surface area contributed by atoms with Crippen molar-refractivity contribution in [2.24, 2.45) is 0 Å². The average molecular weight is 355 g/mol. The molecule has 1 aromatic heterocycles. The fourth-order valence-corrected chi connectivity index (χ4v) is 3.75. The van der Waals surface area contributed by atoms with Crippen molar-refractivity contribution in [3.8, 4) is 10.6 Å². The Morgan fingerprint density at radius 2 is 1.92 bits per heavy atom. The van der Waals surface area contributed by atoms with Gasteiger partial charge in [-0.3, -0.25) is 0 Å². The normalized spacial score (nSPS) is 21.3. The fourth-order valence-electron chi connectivity index (χ4n) is 3.05. The van der Waals surface area contributed by atoms with E-state index in [1.165, 1.54) is 17.4 Å². The summed E-state index contributed by atoms with van der Waals surface area (Å²) in [6.07, 6.45) is -0.207. The molecule has 130 valence electrons. The van der Waals surface area contributed by atoms with E-state index in [1.54, 1.807) is 11.8 Å². The zero-order valence-electron chi connectivity index (χ0n) is 13.7. The zero-order chi connectivity index (χ0) is 17.4. The molecule has 1 aromatic carbocycles. The quantitative estimate of drug-likeness (QED) is 0.917. The summed E-state index contributed by atoms with van der Waals surface area (Å²) in [6, 6.07) is 1.46. The number of benzene rings is 1. The molecule has 2 unspecified atom stereocenters. The molecule has 5 nitrogen and oxygen atoms in total. The third-order valence-electron chi connectivity index (χ3n) is 3.92. The van der Waals surface area contributed by atoms with E-state index >= 15 is 0 Å². The maximum atomic E-state index is 14.8. The van der Waals surface area contributed by atoms with Crippen LogP contribution in [-0.2, 0) is 11.3 Å². The summed E-state index contributed by atoms with van der Waals surface area (Å²) < 4.78 is 35.1. The number of aromatic nitrogens is 2. The number of aryl methyl sites for hydroxylation is 1. The molecule has 1 aliphatic rings. The highest BCUT2D eigenvalue weighted by molar-refractivity contribution is 7.14. The number of halogens is 2. The fraction of sp³-hybridized carbons (Fsp3) is 0.500. The van der Waals surface area contributed by atoms with E-state index < -0.39 is 18.2 Å². The molecule has 2 aromatic rings. The van der Waals surface area contributed by atoms with Gasteiger partial charge in [-0.1, -0.05) is 11.3 Å². The Morgan fingerprint density at radius 1 is 1.25 bits per heavy atom. The van der Waals surface area contributed by atoms with Crippen molar-refractivity contribution in [3.05, 3.63) is 28.3 Å². The standard InChI is InChI=1S/C16H19F2N3O2S/c1-8-5-21(6-9(2)23-8)15-11(7-22)4-12(13(17)14(15)18)16-20-19-10(3)24-16/h4,8-9,22H,5-7H2,1-3H3. The zero-order valence-corrected chi connectivity index (χ0v) is 14.5. The summed E-state index contributed by atoms with van der Waals surface area (Å²) in [5, 5.41) is 18.4. The van der Waals surface area contributed by atoms with Gasteiger partial charge >= 0.3 is 0 Å². The van der Waals surface area contributed by atoms with E-state index in [4.69, 9.17) is 4.74 Å². The van der Waals surface area contributed by atoms with Crippen LogP contribution in [0.4, 0.5) is 14.5 Å². The highest BCUT2D eigenvalue weighted by Crippen LogP contribution is 2.36. The lowest BCUT2D eigenvalue weighted by Gasteiger charge is -2.38. The van der Waals surface area contributed by atoms with Crippen LogP contribution in [0.2, 0.25) is 0 Å². The Hall–Kier alpha value is -1.64.